The van der Waals surface area contributed by atoms with Crippen molar-refractivity contribution in [1.82, 2.24) is 20.6 Å². The second-order valence-corrected chi connectivity index (χ2v) is 3.62. The molecule has 0 bridgehead atoms. The van der Waals surface area contributed by atoms with Crippen molar-refractivity contribution in [2.75, 3.05) is 31.2 Å². The van der Waals surface area contributed by atoms with E-state index < -0.39 is 0 Å². The van der Waals surface area contributed by atoms with Crippen LogP contribution in [0.15, 0.2) is 6.20 Å². The Bertz CT molecular complexity index is 386. The van der Waals surface area contributed by atoms with Gasteiger partial charge in [0.25, 0.3) is 0 Å². The average molecular weight is 259 g/mol. The molecule has 0 aliphatic rings. The van der Waals surface area contributed by atoms with Crippen LogP contribution < -0.4 is 21.7 Å². The van der Waals surface area contributed by atoms with Gasteiger partial charge in [0.05, 0.1) is 6.20 Å². The van der Waals surface area contributed by atoms with Gasteiger partial charge in [-0.1, -0.05) is 11.6 Å². The lowest BCUT2D eigenvalue weighted by Crippen LogP contribution is -2.33. The van der Waals surface area contributed by atoms with E-state index in [1.165, 1.54) is 6.20 Å². The van der Waals surface area contributed by atoms with Crippen molar-refractivity contribution in [3.8, 4) is 0 Å². The number of aromatic nitrogens is 2. The van der Waals surface area contributed by atoms with Crippen molar-refractivity contribution in [3.63, 3.8) is 0 Å². The maximum Gasteiger partial charge on any atom is 0.314 e. The minimum Gasteiger partial charge on any atom is -0.369 e. The Kier molecular flexibility index (Phi) is 5.28. The van der Waals surface area contributed by atoms with Crippen LogP contribution in [0.25, 0.3) is 0 Å². The van der Waals surface area contributed by atoms with Crippen molar-refractivity contribution in [1.29, 1.82) is 0 Å². The molecule has 1 heterocycles. The smallest absolute Gasteiger partial charge is 0.314 e. The summed E-state index contributed by atoms with van der Waals surface area (Å²) in [6, 6.07) is -0.200. The SMILES string of the molecule is CNC(=O)NCCCNc1nc(N)ncc1Cl. The summed E-state index contributed by atoms with van der Waals surface area (Å²) in [5, 5.41) is 8.55. The third-order valence-corrected chi connectivity index (χ3v) is 2.20. The van der Waals surface area contributed by atoms with Crippen LogP contribution in [-0.2, 0) is 0 Å². The number of nitrogens with two attached hydrogens (primary N) is 1. The first-order chi connectivity index (χ1) is 8.13. The predicted octanol–water partition coefficient (Wildman–Crippen LogP) is 0.443. The minimum absolute atomic E-state index is 0.167. The monoisotopic (exact) mass is 258 g/mol. The lowest BCUT2D eigenvalue weighted by Gasteiger charge is -2.08. The quantitative estimate of drug-likeness (QED) is 0.574. The molecule has 0 fully saturated rings. The molecule has 0 unspecified atom stereocenters. The number of nitrogens with one attached hydrogen (secondary N) is 3. The highest BCUT2D eigenvalue weighted by atomic mass is 35.5. The molecule has 2 amide bonds. The van der Waals surface area contributed by atoms with E-state index in [0.717, 1.165) is 6.42 Å². The van der Waals surface area contributed by atoms with Gasteiger partial charge in [-0.05, 0) is 6.42 Å². The van der Waals surface area contributed by atoms with E-state index in [1.54, 1.807) is 7.05 Å². The van der Waals surface area contributed by atoms with E-state index >= 15 is 0 Å². The fraction of sp³-hybridized carbons (Fsp3) is 0.444. The number of hydrogen-bond acceptors (Lipinski definition) is 5. The molecule has 17 heavy (non-hydrogen) atoms. The van der Waals surface area contributed by atoms with Crippen LogP contribution in [-0.4, -0.2) is 36.1 Å². The van der Waals surface area contributed by atoms with E-state index in [2.05, 4.69) is 25.9 Å². The summed E-state index contributed by atoms with van der Waals surface area (Å²) in [4.78, 5) is 18.5. The number of nitrogen functional groups attached to an aromatic ring is 1. The van der Waals surface area contributed by atoms with Crippen LogP contribution in [0.3, 0.4) is 0 Å². The van der Waals surface area contributed by atoms with Gasteiger partial charge in [0.15, 0.2) is 0 Å². The summed E-state index contributed by atoms with van der Waals surface area (Å²) < 4.78 is 0. The fourth-order valence-corrected chi connectivity index (χ4v) is 1.25. The number of anilines is 2. The number of carbonyl (C=O) groups is 1. The van der Waals surface area contributed by atoms with Crippen LogP contribution in [0.5, 0.6) is 0 Å². The van der Waals surface area contributed by atoms with Gasteiger partial charge < -0.3 is 21.7 Å². The second kappa shape index (κ2) is 6.74. The molecule has 0 radical (unpaired) electrons. The normalized spacial score (nSPS) is 9.76. The minimum atomic E-state index is -0.200. The highest BCUT2D eigenvalue weighted by molar-refractivity contribution is 6.32. The van der Waals surface area contributed by atoms with Gasteiger partial charge in [-0.2, -0.15) is 4.98 Å². The Morgan fingerprint density at radius 3 is 3.00 bits per heavy atom. The first kappa shape index (κ1) is 13.3. The third-order valence-electron chi connectivity index (χ3n) is 1.92. The van der Waals surface area contributed by atoms with Crippen molar-refractivity contribution in [2.24, 2.45) is 0 Å². The molecule has 1 aromatic rings. The average Bonchev–Trinajstić information content (AvgIpc) is 2.32. The molecule has 0 aliphatic heterocycles. The van der Waals surface area contributed by atoms with Gasteiger partial charge in [-0.3, -0.25) is 0 Å². The van der Waals surface area contributed by atoms with Crippen LogP contribution in [0.2, 0.25) is 5.02 Å². The molecule has 1 rings (SSSR count). The van der Waals surface area contributed by atoms with Crippen molar-refractivity contribution in [2.45, 2.75) is 6.42 Å². The van der Waals surface area contributed by atoms with E-state index in [1.807, 2.05) is 0 Å². The molecule has 1 aromatic heterocycles. The summed E-state index contributed by atoms with van der Waals surface area (Å²) in [5.74, 6) is 0.666. The van der Waals surface area contributed by atoms with Crippen LogP contribution in [0.1, 0.15) is 6.42 Å². The Morgan fingerprint density at radius 2 is 2.29 bits per heavy atom. The molecule has 5 N–H and O–H groups in total. The molecular formula is C9H15ClN6O. The van der Waals surface area contributed by atoms with Gasteiger partial charge in [0.2, 0.25) is 5.95 Å². The zero-order chi connectivity index (χ0) is 12.7. The largest absolute Gasteiger partial charge is 0.369 e. The highest BCUT2D eigenvalue weighted by Crippen LogP contribution is 2.17. The lowest BCUT2D eigenvalue weighted by atomic mass is 10.4. The van der Waals surface area contributed by atoms with Gasteiger partial charge in [-0.15, -0.1) is 0 Å². The molecule has 0 aromatic carbocycles. The van der Waals surface area contributed by atoms with Crippen LogP contribution in [0.4, 0.5) is 16.6 Å². The Morgan fingerprint density at radius 1 is 1.53 bits per heavy atom. The zero-order valence-electron chi connectivity index (χ0n) is 9.46. The van der Waals surface area contributed by atoms with E-state index in [-0.39, 0.29) is 12.0 Å². The first-order valence-electron chi connectivity index (χ1n) is 5.11. The number of carbonyl (C=O) groups excluding carboxylic acids is 1. The fourth-order valence-electron chi connectivity index (χ4n) is 1.09. The standard InChI is InChI=1S/C9H15ClN6O/c1-12-9(17)14-4-2-3-13-7-6(10)5-15-8(11)16-7/h5H,2-4H2,1H3,(H2,12,14,17)(H3,11,13,15,16). The first-order valence-corrected chi connectivity index (χ1v) is 5.48. The predicted molar refractivity (Wildman–Crippen MR) is 67.0 cm³/mol. The van der Waals surface area contributed by atoms with Crippen molar-refractivity contribution in [3.05, 3.63) is 11.2 Å². The number of hydrogen-bond donors (Lipinski definition) is 4. The van der Waals surface area contributed by atoms with Gasteiger partial charge >= 0.3 is 6.03 Å². The Labute approximate surface area is 104 Å². The lowest BCUT2D eigenvalue weighted by molar-refractivity contribution is 0.243. The maximum atomic E-state index is 10.8. The number of urea groups is 1. The summed E-state index contributed by atoms with van der Waals surface area (Å²) in [6.45, 7) is 1.19. The molecule has 0 spiro atoms. The zero-order valence-corrected chi connectivity index (χ0v) is 10.2. The molecule has 8 heteroatoms. The topological polar surface area (TPSA) is 105 Å². The molecule has 94 valence electrons. The van der Waals surface area contributed by atoms with E-state index in [4.69, 9.17) is 17.3 Å². The van der Waals surface area contributed by atoms with Gasteiger partial charge in [0.1, 0.15) is 10.8 Å². The molecule has 0 saturated heterocycles. The van der Waals surface area contributed by atoms with E-state index in [9.17, 15) is 4.79 Å². The van der Waals surface area contributed by atoms with Crippen LogP contribution >= 0.6 is 11.6 Å². The summed E-state index contributed by atoms with van der Waals surface area (Å²) >= 11 is 5.86. The molecule has 7 nitrogen and oxygen atoms in total. The van der Waals surface area contributed by atoms with Crippen molar-refractivity contribution >= 4 is 29.4 Å². The number of rotatable bonds is 5. The Hall–Kier alpha value is -1.76. The summed E-state index contributed by atoms with van der Waals surface area (Å²) in [5.41, 5.74) is 5.43. The summed E-state index contributed by atoms with van der Waals surface area (Å²) in [6.07, 6.45) is 2.18. The van der Waals surface area contributed by atoms with Gasteiger partial charge in [0, 0.05) is 20.1 Å². The van der Waals surface area contributed by atoms with Crippen LogP contribution in [0, 0.1) is 0 Å². The summed E-state index contributed by atoms with van der Waals surface area (Å²) in [7, 11) is 1.57. The van der Waals surface area contributed by atoms with E-state index in [0.29, 0.717) is 23.9 Å². The molecule has 0 aliphatic carbocycles. The third kappa shape index (κ3) is 4.73. The maximum absolute atomic E-state index is 10.8. The number of halogens is 1. The second-order valence-electron chi connectivity index (χ2n) is 3.21. The van der Waals surface area contributed by atoms with Gasteiger partial charge in [-0.25, -0.2) is 9.78 Å². The Balaban J connectivity index is 2.26. The van der Waals surface area contributed by atoms with Crippen molar-refractivity contribution < 1.29 is 4.79 Å². The number of amides is 2. The molecule has 0 atom stereocenters. The number of nitrogens with zero attached hydrogens (tertiary/aromatic N) is 2. The molecular weight excluding hydrogens is 244 g/mol. The highest BCUT2D eigenvalue weighted by Gasteiger charge is 2.02. The molecule has 0 saturated carbocycles.